The molecule has 2 rings (SSSR count). The third-order valence-corrected chi connectivity index (χ3v) is 4.71. The second-order valence-electron chi connectivity index (χ2n) is 6.40. The summed E-state index contributed by atoms with van der Waals surface area (Å²) >= 11 is 0. The van der Waals surface area contributed by atoms with Crippen LogP contribution in [0.25, 0.3) is 0 Å². The van der Waals surface area contributed by atoms with Crippen LogP contribution in [0.15, 0.2) is 0 Å². The van der Waals surface area contributed by atoms with E-state index in [2.05, 4.69) is 17.1 Å². The van der Waals surface area contributed by atoms with E-state index in [1.807, 2.05) is 4.90 Å². The quantitative estimate of drug-likeness (QED) is 0.733. The Morgan fingerprint density at radius 2 is 2.00 bits per heavy atom. The van der Waals surface area contributed by atoms with Gasteiger partial charge in [0.2, 0.25) is 11.8 Å². The fraction of sp³-hybridized carbons (Fsp3) is 0.875. The molecule has 0 bridgehead atoms. The highest BCUT2D eigenvalue weighted by atomic mass is 16.2. The zero-order valence-corrected chi connectivity index (χ0v) is 13.7. The van der Waals surface area contributed by atoms with Crippen molar-refractivity contribution < 1.29 is 9.59 Å². The molecule has 0 aromatic heterocycles. The predicted molar refractivity (Wildman–Crippen MR) is 86.3 cm³/mol. The number of piperidine rings is 1. The summed E-state index contributed by atoms with van der Waals surface area (Å²) in [6.45, 7) is 6.48. The SMILES string of the molecule is CCCN1CCCC1C(=O)N1CCCC(C(=O)NCCN)C1. The van der Waals surface area contributed by atoms with Crippen LogP contribution in [-0.2, 0) is 9.59 Å². The number of hydrogen-bond donors (Lipinski definition) is 2. The molecule has 0 radical (unpaired) electrons. The highest BCUT2D eigenvalue weighted by molar-refractivity contribution is 5.84. The van der Waals surface area contributed by atoms with Crippen molar-refractivity contribution >= 4 is 11.8 Å². The first-order chi connectivity index (χ1) is 10.7. The van der Waals surface area contributed by atoms with Crippen molar-refractivity contribution in [1.29, 1.82) is 0 Å². The Balaban J connectivity index is 1.91. The molecule has 2 unspecified atom stereocenters. The standard InChI is InChI=1S/C16H30N4O2/c1-2-9-19-10-4-6-14(19)16(22)20-11-3-5-13(12-20)15(21)18-8-7-17/h13-14H,2-12,17H2,1H3,(H,18,21). The maximum atomic E-state index is 12.8. The van der Waals surface area contributed by atoms with E-state index in [1.165, 1.54) is 0 Å². The Hall–Kier alpha value is -1.14. The highest BCUT2D eigenvalue weighted by Crippen LogP contribution is 2.23. The van der Waals surface area contributed by atoms with E-state index in [1.54, 1.807) is 0 Å². The smallest absolute Gasteiger partial charge is 0.239 e. The third kappa shape index (κ3) is 4.20. The van der Waals surface area contributed by atoms with Crippen LogP contribution < -0.4 is 11.1 Å². The molecule has 22 heavy (non-hydrogen) atoms. The van der Waals surface area contributed by atoms with Gasteiger partial charge in [-0.3, -0.25) is 14.5 Å². The Morgan fingerprint density at radius 1 is 1.23 bits per heavy atom. The van der Waals surface area contributed by atoms with Gasteiger partial charge in [0.1, 0.15) is 0 Å². The molecule has 0 aliphatic carbocycles. The van der Waals surface area contributed by atoms with Crippen LogP contribution in [0, 0.1) is 5.92 Å². The van der Waals surface area contributed by atoms with Crippen molar-refractivity contribution in [1.82, 2.24) is 15.1 Å². The minimum absolute atomic E-state index is 0.0332. The lowest BCUT2D eigenvalue weighted by atomic mass is 9.96. The van der Waals surface area contributed by atoms with Crippen molar-refractivity contribution in [2.24, 2.45) is 11.7 Å². The molecule has 2 atom stereocenters. The molecule has 2 fully saturated rings. The Bertz CT molecular complexity index is 388. The Morgan fingerprint density at radius 3 is 2.73 bits per heavy atom. The van der Waals surface area contributed by atoms with Crippen molar-refractivity contribution in [2.75, 3.05) is 39.3 Å². The minimum Gasteiger partial charge on any atom is -0.355 e. The molecule has 2 saturated heterocycles. The van der Waals surface area contributed by atoms with E-state index >= 15 is 0 Å². The molecule has 0 aromatic rings. The highest BCUT2D eigenvalue weighted by Gasteiger charge is 2.36. The lowest BCUT2D eigenvalue weighted by molar-refractivity contribution is -0.139. The van der Waals surface area contributed by atoms with Crippen LogP contribution in [0.3, 0.4) is 0 Å². The van der Waals surface area contributed by atoms with Gasteiger partial charge in [-0.15, -0.1) is 0 Å². The molecule has 2 aliphatic rings. The van der Waals surface area contributed by atoms with Crippen LogP contribution in [-0.4, -0.2) is 66.9 Å². The van der Waals surface area contributed by atoms with Crippen molar-refractivity contribution in [3.05, 3.63) is 0 Å². The second kappa shape index (κ2) is 8.48. The molecule has 6 nitrogen and oxygen atoms in total. The normalized spacial score (nSPS) is 26.2. The number of hydrogen-bond acceptors (Lipinski definition) is 4. The van der Waals surface area contributed by atoms with Crippen molar-refractivity contribution in [3.63, 3.8) is 0 Å². The van der Waals surface area contributed by atoms with Gasteiger partial charge in [0, 0.05) is 26.2 Å². The summed E-state index contributed by atoms with van der Waals surface area (Å²) in [4.78, 5) is 29.1. The summed E-state index contributed by atoms with van der Waals surface area (Å²) in [6.07, 6.45) is 4.91. The number of carbonyl (C=O) groups excluding carboxylic acids is 2. The molecule has 6 heteroatoms. The second-order valence-corrected chi connectivity index (χ2v) is 6.40. The third-order valence-electron chi connectivity index (χ3n) is 4.71. The molecule has 0 saturated carbocycles. The molecule has 126 valence electrons. The van der Waals surface area contributed by atoms with Gasteiger partial charge in [0.15, 0.2) is 0 Å². The number of carbonyl (C=O) groups is 2. The van der Waals surface area contributed by atoms with E-state index in [-0.39, 0.29) is 23.8 Å². The maximum absolute atomic E-state index is 12.8. The van der Waals surface area contributed by atoms with Gasteiger partial charge in [-0.1, -0.05) is 6.92 Å². The minimum atomic E-state index is -0.0784. The van der Waals surface area contributed by atoms with Gasteiger partial charge in [0.05, 0.1) is 12.0 Å². The van der Waals surface area contributed by atoms with Crippen LogP contribution in [0.1, 0.15) is 39.0 Å². The van der Waals surface area contributed by atoms with Crippen molar-refractivity contribution in [3.8, 4) is 0 Å². The Labute approximate surface area is 133 Å². The topological polar surface area (TPSA) is 78.7 Å². The first-order valence-electron chi connectivity index (χ1n) is 8.68. The van der Waals surface area contributed by atoms with Crippen LogP contribution in [0.2, 0.25) is 0 Å². The van der Waals surface area contributed by atoms with Gasteiger partial charge < -0.3 is 16.0 Å². The monoisotopic (exact) mass is 310 g/mol. The summed E-state index contributed by atoms with van der Waals surface area (Å²) in [5.41, 5.74) is 5.42. The van der Waals surface area contributed by atoms with Gasteiger partial charge in [0.25, 0.3) is 0 Å². The molecular formula is C16H30N4O2. The van der Waals surface area contributed by atoms with Gasteiger partial charge in [-0.25, -0.2) is 0 Å². The summed E-state index contributed by atoms with van der Waals surface area (Å²) in [5, 5.41) is 2.85. The number of nitrogens with two attached hydrogens (primary N) is 1. The van der Waals surface area contributed by atoms with Crippen LogP contribution in [0.4, 0.5) is 0 Å². The van der Waals surface area contributed by atoms with E-state index in [4.69, 9.17) is 5.73 Å². The summed E-state index contributed by atoms with van der Waals surface area (Å²) in [5.74, 6) is 0.187. The average Bonchev–Trinajstić information content (AvgIpc) is 3.00. The first-order valence-corrected chi connectivity index (χ1v) is 8.68. The molecule has 0 spiro atoms. The molecule has 0 aromatic carbocycles. The lowest BCUT2D eigenvalue weighted by Gasteiger charge is -2.35. The number of rotatable bonds is 6. The molecular weight excluding hydrogens is 280 g/mol. The van der Waals surface area contributed by atoms with Crippen LogP contribution >= 0.6 is 0 Å². The summed E-state index contributed by atoms with van der Waals surface area (Å²) in [7, 11) is 0. The molecule has 2 amide bonds. The fourth-order valence-corrected chi connectivity index (χ4v) is 3.60. The predicted octanol–water partition coefficient (Wildman–Crippen LogP) is 0.174. The van der Waals surface area contributed by atoms with Gasteiger partial charge >= 0.3 is 0 Å². The van der Waals surface area contributed by atoms with Gasteiger partial charge in [-0.2, -0.15) is 0 Å². The largest absolute Gasteiger partial charge is 0.355 e. The summed E-state index contributed by atoms with van der Waals surface area (Å²) in [6, 6.07) is 0.0332. The lowest BCUT2D eigenvalue weighted by Crippen LogP contribution is -2.51. The zero-order valence-electron chi connectivity index (χ0n) is 13.7. The van der Waals surface area contributed by atoms with E-state index in [0.717, 1.165) is 51.7 Å². The molecule has 3 N–H and O–H groups in total. The molecule has 2 heterocycles. The molecule has 2 aliphatic heterocycles. The fourth-order valence-electron chi connectivity index (χ4n) is 3.60. The van der Waals surface area contributed by atoms with E-state index < -0.39 is 0 Å². The average molecular weight is 310 g/mol. The maximum Gasteiger partial charge on any atom is 0.239 e. The van der Waals surface area contributed by atoms with Crippen LogP contribution in [0.5, 0.6) is 0 Å². The summed E-state index contributed by atoms with van der Waals surface area (Å²) < 4.78 is 0. The van der Waals surface area contributed by atoms with E-state index in [0.29, 0.717) is 19.6 Å². The number of nitrogens with zero attached hydrogens (tertiary/aromatic N) is 2. The number of amides is 2. The zero-order chi connectivity index (χ0) is 15.9. The first kappa shape index (κ1) is 17.2. The Kier molecular flexibility index (Phi) is 6.64. The number of likely N-dealkylation sites (tertiary alicyclic amines) is 2. The van der Waals surface area contributed by atoms with E-state index in [9.17, 15) is 9.59 Å². The van der Waals surface area contributed by atoms with Gasteiger partial charge in [-0.05, 0) is 45.2 Å². The number of nitrogens with one attached hydrogen (secondary N) is 1. The van der Waals surface area contributed by atoms with Crippen molar-refractivity contribution in [2.45, 2.75) is 45.1 Å².